The van der Waals surface area contributed by atoms with Crippen molar-refractivity contribution < 1.29 is 5.11 Å². The lowest BCUT2D eigenvalue weighted by Crippen LogP contribution is -2.31. The minimum absolute atomic E-state index is 0.0210. The summed E-state index contributed by atoms with van der Waals surface area (Å²) in [5.41, 5.74) is 3.74. The van der Waals surface area contributed by atoms with E-state index >= 15 is 0 Å². The van der Waals surface area contributed by atoms with Gasteiger partial charge in [0.25, 0.3) is 0 Å². The number of hydrogen-bond donors (Lipinski definition) is 1. The van der Waals surface area contributed by atoms with Gasteiger partial charge in [-0.2, -0.15) is 0 Å². The molecule has 4 rings (SSSR count). The monoisotopic (exact) mass is 286 g/mol. The van der Waals surface area contributed by atoms with Gasteiger partial charge in [-0.25, -0.2) is 0 Å². The average molecular weight is 286 g/mol. The Balaban J connectivity index is 1.93. The molecule has 0 aliphatic heterocycles. The van der Waals surface area contributed by atoms with Crippen LogP contribution in [0, 0.1) is 0 Å². The number of aliphatic hydroxyl groups is 1. The predicted octanol–water partition coefficient (Wildman–Crippen LogP) is 4.26. The molecule has 1 heteroatoms. The van der Waals surface area contributed by atoms with E-state index < -0.39 is 5.60 Å². The second-order valence-electron chi connectivity index (χ2n) is 6.01. The van der Waals surface area contributed by atoms with Crippen molar-refractivity contribution in [2.24, 2.45) is 0 Å². The first-order valence-electron chi connectivity index (χ1n) is 7.70. The Morgan fingerprint density at radius 2 is 1.32 bits per heavy atom. The van der Waals surface area contributed by atoms with E-state index in [0.717, 1.165) is 5.56 Å². The van der Waals surface area contributed by atoms with Gasteiger partial charge >= 0.3 is 0 Å². The summed E-state index contributed by atoms with van der Waals surface area (Å²) in [5.74, 6) is -0.0210. The topological polar surface area (TPSA) is 20.2 Å². The highest BCUT2D eigenvalue weighted by molar-refractivity contribution is 5.49. The fraction of sp³-hybridized carbons (Fsp3) is 0.143. The molecular formula is C21H18O. The summed E-state index contributed by atoms with van der Waals surface area (Å²) in [5, 5.41) is 11.6. The van der Waals surface area contributed by atoms with Gasteiger partial charge < -0.3 is 5.11 Å². The molecule has 1 aliphatic rings. The van der Waals surface area contributed by atoms with Crippen molar-refractivity contribution in [2.75, 3.05) is 0 Å². The highest BCUT2D eigenvalue weighted by Crippen LogP contribution is 2.50. The minimum atomic E-state index is -0.883. The molecule has 22 heavy (non-hydrogen) atoms. The van der Waals surface area contributed by atoms with Crippen molar-refractivity contribution in [2.45, 2.75) is 17.9 Å². The Labute approximate surface area is 130 Å². The lowest BCUT2D eigenvalue weighted by Gasteiger charge is -2.31. The number of fused-ring (bicyclic) bond motifs is 1. The van der Waals surface area contributed by atoms with Crippen molar-refractivity contribution >= 4 is 0 Å². The molecule has 0 saturated carbocycles. The maximum Gasteiger partial charge on any atom is 0.104 e. The summed E-state index contributed by atoms with van der Waals surface area (Å²) >= 11 is 0. The van der Waals surface area contributed by atoms with E-state index in [2.05, 4.69) is 36.4 Å². The first-order chi connectivity index (χ1) is 10.8. The zero-order chi connectivity index (χ0) is 15.0. The van der Waals surface area contributed by atoms with Crippen LogP contribution in [0.5, 0.6) is 0 Å². The predicted molar refractivity (Wildman–Crippen MR) is 88.8 cm³/mol. The van der Waals surface area contributed by atoms with E-state index in [4.69, 9.17) is 0 Å². The normalized spacial score (nSPS) is 23.2. The van der Waals surface area contributed by atoms with Crippen LogP contribution in [0.4, 0.5) is 0 Å². The second kappa shape index (κ2) is 5.11. The molecular weight excluding hydrogens is 268 g/mol. The fourth-order valence-corrected chi connectivity index (χ4v) is 3.72. The summed E-state index contributed by atoms with van der Waals surface area (Å²) in [6, 6.07) is 28.8. The van der Waals surface area contributed by atoms with E-state index in [-0.39, 0.29) is 5.92 Å². The first-order valence-corrected chi connectivity index (χ1v) is 7.70. The molecule has 0 heterocycles. The summed E-state index contributed by atoms with van der Waals surface area (Å²) in [6.45, 7) is 0. The van der Waals surface area contributed by atoms with Crippen LogP contribution in [0.3, 0.4) is 0 Å². The zero-order valence-corrected chi connectivity index (χ0v) is 12.3. The van der Waals surface area contributed by atoms with Crippen molar-refractivity contribution in [3.8, 4) is 0 Å². The molecule has 0 bridgehead atoms. The van der Waals surface area contributed by atoms with Gasteiger partial charge in [-0.3, -0.25) is 0 Å². The third-order valence-corrected chi connectivity index (χ3v) is 4.71. The maximum absolute atomic E-state index is 11.6. The van der Waals surface area contributed by atoms with Gasteiger partial charge in [-0.15, -0.1) is 0 Å². The van der Waals surface area contributed by atoms with Gasteiger partial charge in [0.2, 0.25) is 0 Å². The van der Waals surface area contributed by atoms with Gasteiger partial charge in [-0.05, 0) is 22.3 Å². The highest BCUT2D eigenvalue weighted by atomic mass is 16.3. The standard InChI is InChI=1S/C21H18O/c22-21(18-12-5-2-6-13-18)15-17-11-7-8-14-19(17)20(21)16-9-3-1-4-10-16/h1-14,20,22H,15H2/t20-,21+/m1/s1. The number of benzene rings is 3. The maximum atomic E-state index is 11.6. The summed E-state index contributed by atoms with van der Waals surface area (Å²) in [4.78, 5) is 0. The quantitative estimate of drug-likeness (QED) is 0.746. The van der Waals surface area contributed by atoms with Crippen molar-refractivity contribution in [3.05, 3.63) is 107 Å². The van der Waals surface area contributed by atoms with Crippen LogP contribution in [-0.4, -0.2) is 5.11 Å². The van der Waals surface area contributed by atoms with E-state index in [1.807, 2.05) is 48.5 Å². The number of rotatable bonds is 2. The lowest BCUT2D eigenvalue weighted by molar-refractivity contribution is 0.0314. The average Bonchev–Trinajstić information content (AvgIpc) is 2.90. The van der Waals surface area contributed by atoms with Crippen LogP contribution in [0.15, 0.2) is 84.9 Å². The molecule has 0 amide bonds. The molecule has 1 aliphatic carbocycles. The van der Waals surface area contributed by atoms with Crippen LogP contribution < -0.4 is 0 Å². The molecule has 0 radical (unpaired) electrons. The lowest BCUT2D eigenvalue weighted by atomic mass is 9.78. The molecule has 0 spiro atoms. The van der Waals surface area contributed by atoms with Crippen molar-refractivity contribution in [1.82, 2.24) is 0 Å². The van der Waals surface area contributed by atoms with Crippen LogP contribution in [0.1, 0.15) is 28.2 Å². The van der Waals surface area contributed by atoms with Crippen molar-refractivity contribution in [3.63, 3.8) is 0 Å². The number of hydrogen-bond acceptors (Lipinski definition) is 1. The molecule has 1 nitrogen and oxygen atoms in total. The highest BCUT2D eigenvalue weighted by Gasteiger charge is 2.46. The Bertz CT molecular complexity index is 779. The Kier molecular flexibility index (Phi) is 3.09. The Hall–Kier alpha value is -2.38. The van der Waals surface area contributed by atoms with E-state index in [9.17, 15) is 5.11 Å². The smallest absolute Gasteiger partial charge is 0.104 e. The molecule has 0 fully saturated rings. The minimum Gasteiger partial charge on any atom is -0.384 e. The molecule has 0 saturated heterocycles. The molecule has 3 aromatic rings. The molecule has 1 N–H and O–H groups in total. The van der Waals surface area contributed by atoms with Crippen molar-refractivity contribution in [1.29, 1.82) is 0 Å². The van der Waals surface area contributed by atoms with Gasteiger partial charge in [0.15, 0.2) is 0 Å². The molecule has 3 aromatic carbocycles. The van der Waals surface area contributed by atoms with E-state index in [1.165, 1.54) is 16.7 Å². The van der Waals surface area contributed by atoms with Crippen LogP contribution in [0.2, 0.25) is 0 Å². The van der Waals surface area contributed by atoms with Crippen LogP contribution >= 0.6 is 0 Å². The molecule has 0 aromatic heterocycles. The van der Waals surface area contributed by atoms with Gasteiger partial charge in [0, 0.05) is 12.3 Å². The fourth-order valence-electron chi connectivity index (χ4n) is 3.72. The van der Waals surface area contributed by atoms with E-state index in [0.29, 0.717) is 6.42 Å². The summed E-state index contributed by atoms with van der Waals surface area (Å²) in [7, 11) is 0. The summed E-state index contributed by atoms with van der Waals surface area (Å²) < 4.78 is 0. The van der Waals surface area contributed by atoms with Gasteiger partial charge in [0.1, 0.15) is 5.60 Å². The first kappa shape index (κ1) is 13.3. The van der Waals surface area contributed by atoms with Crippen LogP contribution in [-0.2, 0) is 12.0 Å². The zero-order valence-electron chi connectivity index (χ0n) is 12.3. The summed E-state index contributed by atoms with van der Waals surface area (Å²) in [6.07, 6.45) is 0.659. The largest absolute Gasteiger partial charge is 0.384 e. The van der Waals surface area contributed by atoms with Gasteiger partial charge in [0.05, 0.1) is 0 Å². The SMILES string of the molecule is O[C@]1(c2ccccc2)Cc2ccccc2[C@H]1c1ccccc1. The Morgan fingerprint density at radius 3 is 2.05 bits per heavy atom. The molecule has 108 valence electrons. The third kappa shape index (κ3) is 1.98. The third-order valence-electron chi connectivity index (χ3n) is 4.71. The Morgan fingerprint density at radius 1 is 0.727 bits per heavy atom. The van der Waals surface area contributed by atoms with Gasteiger partial charge in [-0.1, -0.05) is 84.9 Å². The van der Waals surface area contributed by atoms with Crippen LogP contribution in [0.25, 0.3) is 0 Å². The second-order valence-corrected chi connectivity index (χ2v) is 6.01. The molecule has 0 unspecified atom stereocenters. The van der Waals surface area contributed by atoms with E-state index in [1.54, 1.807) is 0 Å². The molecule has 2 atom stereocenters.